The number of halogens is 1. The number of rotatable bonds is 2. The minimum Gasteiger partial charge on any atom is -0.340 e. The fourth-order valence-corrected chi connectivity index (χ4v) is 2.60. The van der Waals surface area contributed by atoms with E-state index in [1.807, 2.05) is 14.0 Å². The molecule has 3 heterocycles. The molecule has 0 radical (unpaired) electrons. The minimum absolute atomic E-state index is 0.454. The van der Waals surface area contributed by atoms with Crippen molar-refractivity contribution in [3.8, 4) is 0 Å². The maximum absolute atomic E-state index is 6.07. The van der Waals surface area contributed by atoms with Gasteiger partial charge in [0.1, 0.15) is 5.15 Å². The Labute approximate surface area is 117 Å². The summed E-state index contributed by atoms with van der Waals surface area (Å²) in [6, 6.07) is 0.454. The van der Waals surface area contributed by atoms with Gasteiger partial charge in [-0.2, -0.15) is 0 Å². The molecule has 1 aliphatic heterocycles. The van der Waals surface area contributed by atoms with Gasteiger partial charge in [0, 0.05) is 32.0 Å². The lowest BCUT2D eigenvalue weighted by Crippen LogP contribution is -2.34. The molecule has 0 saturated carbocycles. The Bertz CT molecular complexity index is 609. The highest BCUT2D eigenvalue weighted by molar-refractivity contribution is 6.34. The minimum atomic E-state index is 0.454. The van der Waals surface area contributed by atoms with Crippen LogP contribution in [0.15, 0.2) is 12.4 Å². The quantitative estimate of drug-likeness (QED) is 0.848. The SMILES string of the molecule is Cc1cnc(Cl)c2cnc(N(C)[C@H]3CCNC3)nc12. The van der Waals surface area contributed by atoms with Gasteiger partial charge >= 0.3 is 0 Å². The molecule has 0 unspecified atom stereocenters. The molecule has 1 atom stereocenters. The van der Waals surface area contributed by atoms with Crippen molar-refractivity contribution in [3.63, 3.8) is 0 Å². The molecule has 0 bridgehead atoms. The highest BCUT2D eigenvalue weighted by Crippen LogP contribution is 2.24. The first-order chi connectivity index (χ1) is 9.16. The van der Waals surface area contributed by atoms with Crippen molar-refractivity contribution in [1.29, 1.82) is 0 Å². The molecular formula is C13H16ClN5. The Balaban J connectivity index is 2.03. The predicted octanol–water partition coefficient (Wildman–Crippen LogP) is 1.78. The predicted molar refractivity (Wildman–Crippen MR) is 76.8 cm³/mol. The van der Waals surface area contributed by atoms with Crippen LogP contribution in [0.2, 0.25) is 5.15 Å². The van der Waals surface area contributed by atoms with Crippen LogP contribution >= 0.6 is 11.6 Å². The van der Waals surface area contributed by atoms with Crippen LogP contribution in [-0.2, 0) is 0 Å². The smallest absolute Gasteiger partial charge is 0.225 e. The highest BCUT2D eigenvalue weighted by atomic mass is 35.5. The monoisotopic (exact) mass is 277 g/mol. The van der Waals surface area contributed by atoms with E-state index in [-0.39, 0.29) is 0 Å². The van der Waals surface area contributed by atoms with Gasteiger partial charge in [-0.1, -0.05) is 11.6 Å². The summed E-state index contributed by atoms with van der Waals surface area (Å²) in [6.07, 6.45) is 4.63. The van der Waals surface area contributed by atoms with E-state index in [0.717, 1.165) is 41.9 Å². The van der Waals surface area contributed by atoms with E-state index in [9.17, 15) is 0 Å². The summed E-state index contributed by atoms with van der Waals surface area (Å²) in [5.74, 6) is 0.742. The largest absolute Gasteiger partial charge is 0.340 e. The molecule has 0 aromatic carbocycles. The molecule has 19 heavy (non-hydrogen) atoms. The topological polar surface area (TPSA) is 53.9 Å². The summed E-state index contributed by atoms with van der Waals surface area (Å²) in [6.45, 7) is 4.02. The molecule has 6 heteroatoms. The second-order valence-electron chi connectivity index (χ2n) is 4.92. The number of fused-ring (bicyclic) bond motifs is 1. The van der Waals surface area contributed by atoms with Crippen molar-refractivity contribution in [1.82, 2.24) is 20.3 Å². The number of aromatic nitrogens is 3. The highest BCUT2D eigenvalue weighted by Gasteiger charge is 2.21. The molecule has 1 aliphatic rings. The van der Waals surface area contributed by atoms with Crippen molar-refractivity contribution < 1.29 is 0 Å². The molecule has 3 rings (SSSR count). The second kappa shape index (κ2) is 4.90. The Morgan fingerprint density at radius 3 is 2.95 bits per heavy atom. The molecule has 2 aromatic rings. The normalized spacial score (nSPS) is 19.0. The lowest BCUT2D eigenvalue weighted by molar-refractivity contribution is 0.670. The van der Waals surface area contributed by atoms with Gasteiger partial charge < -0.3 is 10.2 Å². The molecular weight excluding hydrogens is 262 g/mol. The molecule has 1 N–H and O–H groups in total. The summed E-state index contributed by atoms with van der Waals surface area (Å²) in [4.78, 5) is 15.3. The fourth-order valence-electron chi connectivity index (χ4n) is 2.41. The van der Waals surface area contributed by atoms with E-state index in [4.69, 9.17) is 11.6 Å². The number of likely N-dealkylation sites (N-methyl/N-ethyl adjacent to an activating group) is 1. The molecule has 0 spiro atoms. The zero-order chi connectivity index (χ0) is 13.4. The molecule has 0 aliphatic carbocycles. The van der Waals surface area contributed by atoms with Crippen molar-refractivity contribution in [2.45, 2.75) is 19.4 Å². The number of anilines is 1. The molecule has 0 amide bonds. The van der Waals surface area contributed by atoms with Gasteiger partial charge in [-0.3, -0.25) is 0 Å². The van der Waals surface area contributed by atoms with E-state index < -0.39 is 0 Å². The Kier molecular flexibility index (Phi) is 3.24. The average Bonchev–Trinajstić information content (AvgIpc) is 2.96. The lowest BCUT2D eigenvalue weighted by atomic mass is 10.2. The number of aryl methyl sites for hydroxylation is 1. The maximum atomic E-state index is 6.07. The summed E-state index contributed by atoms with van der Waals surface area (Å²) in [7, 11) is 2.04. The summed E-state index contributed by atoms with van der Waals surface area (Å²) in [5, 5.41) is 4.62. The third kappa shape index (κ3) is 2.24. The van der Waals surface area contributed by atoms with Crippen LogP contribution in [0.5, 0.6) is 0 Å². The second-order valence-corrected chi connectivity index (χ2v) is 5.28. The summed E-state index contributed by atoms with van der Waals surface area (Å²) < 4.78 is 0. The first-order valence-corrected chi connectivity index (χ1v) is 6.76. The Hall–Kier alpha value is -1.46. The number of pyridine rings is 1. The number of hydrogen-bond donors (Lipinski definition) is 1. The van der Waals surface area contributed by atoms with Crippen LogP contribution in [0.25, 0.3) is 10.9 Å². The van der Waals surface area contributed by atoms with Gasteiger partial charge in [0.15, 0.2) is 0 Å². The van der Waals surface area contributed by atoms with Gasteiger partial charge in [-0.25, -0.2) is 15.0 Å². The van der Waals surface area contributed by atoms with Crippen molar-refractivity contribution in [3.05, 3.63) is 23.1 Å². The number of nitrogens with one attached hydrogen (secondary N) is 1. The molecule has 1 saturated heterocycles. The standard InChI is InChI=1S/C13H16ClN5/c1-8-5-16-12(14)10-7-17-13(18-11(8)10)19(2)9-3-4-15-6-9/h5,7,9,15H,3-4,6H2,1-2H3/t9-/m0/s1. The molecule has 2 aromatic heterocycles. The first kappa shape index (κ1) is 12.6. The van der Waals surface area contributed by atoms with Crippen LogP contribution < -0.4 is 10.2 Å². The van der Waals surface area contributed by atoms with Gasteiger partial charge in [0.05, 0.1) is 10.9 Å². The summed E-state index contributed by atoms with van der Waals surface area (Å²) >= 11 is 6.07. The van der Waals surface area contributed by atoms with Crippen LogP contribution in [0.4, 0.5) is 5.95 Å². The van der Waals surface area contributed by atoms with Gasteiger partial charge in [0.2, 0.25) is 5.95 Å². The van der Waals surface area contributed by atoms with Crippen LogP contribution in [0.3, 0.4) is 0 Å². The third-order valence-corrected chi connectivity index (χ3v) is 3.94. The molecule has 1 fully saturated rings. The van der Waals surface area contributed by atoms with E-state index >= 15 is 0 Å². The zero-order valence-corrected chi connectivity index (χ0v) is 11.8. The van der Waals surface area contributed by atoms with E-state index in [1.165, 1.54) is 0 Å². The van der Waals surface area contributed by atoms with Crippen LogP contribution in [-0.4, -0.2) is 41.1 Å². The van der Waals surface area contributed by atoms with Crippen LogP contribution in [0, 0.1) is 6.92 Å². The summed E-state index contributed by atoms with van der Waals surface area (Å²) in [5.41, 5.74) is 1.89. The molecule has 5 nitrogen and oxygen atoms in total. The lowest BCUT2D eigenvalue weighted by Gasteiger charge is -2.23. The van der Waals surface area contributed by atoms with E-state index in [1.54, 1.807) is 12.4 Å². The Morgan fingerprint density at radius 2 is 2.21 bits per heavy atom. The molecule has 100 valence electrons. The first-order valence-electron chi connectivity index (χ1n) is 6.38. The van der Waals surface area contributed by atoms with Gasteiger partial charge in [-0.05, 0) is 25.5 Å². The third-order valence-electron chi connectivity index (χ3n) is 3.64. The average molecular weight is 278 g/mol. The maximum Gasteiger partial charge on any atom is 0.225 e. The van der Waals surface area contributed by atoms with Crippen LogP contribution in [0.1, 0.15) is 12.0 Å². The number of nitrogens with zero attached hydrogens (tertiary/aromatic N) is 4. The van der Waals surface area contributed by atoms with Crippen molar-refractivity contribution >= 4 is 28.5 Å². The zero-order valence-electron chi connectivity index (χ0n) is 11.0. The fraction of sp³-hybridized carbons (Fsp3) is 0.462. The van der Waals surface area contributed by atoms with E-state index in [2.05, 4.69) is 25.2 Å². The van der Waals surface area contributed by atoms with Gasteiger partial charge in [0.25, 0.3) is 0 Å². The van der Waals surface area contributed by atoms with Crippen molar-refractivity contribution in [2.24, 2.45) is 0 Å². The van der Waals surface area contributed by atoms with Crippen molar-refractivity contribution in [2.75, 3.05) is 25.0 Å². The van der Waals surface area contributed by atoms with E-state index in [0.29, 0.717) is 11.2 Å². The van der Waals surface area contributed by atoms with Gasteiger partial charge in [-0.15, -0.1) is 0 Å². The Morgan fingerprint density at radius 1 is 1.37 bits per heavy atom. The number of hydrogen-bond acceptors (Lipinski definition) is 5.